The second kappa shape index (κ2) is 6.71. The minimum atomic E-state index is -0.641. The van der Waals surface area contributed by atoms with E-state index in [-0.39, 0.29) is 0 Å². The molecule has 0 atom stereocenters. The fourth-order valence-corrected chi connectivity index (χ4v) is 2.08. The van der Waals surface area contributed by atoms with E-state index in [2.05, 4.69) is 26.1 Å². The Morgan fingerprint density at radius 1 is 1.31 bits per heavy atom. The van der Waals surface area contributed by atoms with Crippen molar-refractivity contribution in [3.05, 3.63) is 29.3 Å². The normalized spacial score (nSPS) is 11.0. The van der Waals surface area contributed by atoms with Gasteiger partial charge in [-0.15, -0.1) is 0 Å². The zero-order chi connectivity index (χ0) is 12.0. The highest BCUT2D eigenvalue weighted by atomic mass is 28.3. The zero-order valence-electron chi connectivity index (χ0n) is 10.5. The topological polar surface area (TPSA) is 35.2 Å². The summed E-state index contributed by atoms with van der Waals surface area (Å²) in [5.74, 6) is 0. The first-order valence-electron chi connectivity index (χ1n) is 5.94. The largest absolute Gasteiger partial charge is 0.413 e. The van der Waals surface area contributed by atoms with E-state index in [1.165, 1.54) is 24.0 Å². The molecule has 1 aromatic rings. The standard InChI is InChI=1S/C13H22NOSi/c1-4-5-7-11-8-6-9-13(14)12(11)10-15-16(2)3/h6,8-9H,4-5,7,10,14H2,1-3H3. The van der Waals surface area contributed by atoms with Crippen molar-refractivity contribution in [3.63, 3.8) is 0 Å². The molecule has 2 nitrogen and oxygen atoms in total. The predicted octanol–water partition coefficient (Wildman–Crippen LogP) is 3.38. The smallest absolute Gasteiger partial charge is 0.205 e. The molecule has 0 fully saturated rings. The van der Waals surface area contributed by atoms with E-state index in [0.717, 1.165) is 12.1 Å². The Bertz CT molecular complexity index is 326. The first-order valence-corrected chi connectivity index (χ1v) is 8.35. The van der Waals surface area contributed by atoms with Crippen LogP contribution in [0.1, 0.15) is 30.9 Å². The van der Waals surface area contributed by atoms with Gasteiger partial charge in [-0.3, -0.25) is 0 Å². The maximum atomic E-state index is 6.01. The molecule has 0 bridgehead atoms. The summed E-state index contributed by atoms with van der Waals surface area (Å²) in [6, 6.07) is 6.17. The Balaban J connectivity index is 2.77. The molecule has 0 aliphatic heterocycles. The van der Waals surface area contributed by atoms with E-state index in [0.29, 0.717) is 6.61 Å². The molecule has 0 saturated carbocycles. The van der Waals surface area contributed by atoms with Crippen molar-refractivity contribution in [2.24, 2.45) is 0 Å². The Morgan fingerprint density at radius 3 is 2.69 bits per heavy atom. The molecule has 0 aliphatic rings. The van der Waals surface area contributed by atoms with Crippen LogP contribution in [-0.4, -0.2) is 9.04 Å². The van der Waals surface area contributed by atoms with Crippen LogP contribution in [0.4, 0.5) is 5.69 Å². The molecule has 1 rings (SSSR count). The SMILES string of the molecule is CCCCc1cccc(N)c1CO[Si](C)C. The number of nitrogen functional groups attached to an aromatic ring is 1. The molecule has 3 heteroatoms. The van der Waals surface area contributed by atoms with Crippen LogP contribution in [0.15, 0.2) is 18.2 Å². The van der Waals surface area contributed by atoms with Crippen molar-refractivity contribution >= 4 is 14.7 Å². The molecule has 0 unspecified atom stereocenters. The lowest BCUT2D eigenvalue weighted by molar-refractivity contribution is 0.314. The van der Waals surface area contributed by atoms with Gasteiger partial charge < -0.3 is 10.2 Å². The van der Waals surface area contributed by atoms with Crippen molar-refractivity contribution in [1.29, 1.82) is 0 Å². The average Bonchev–Trinajstić information content (AvgIpc) is 2.24. The van der Waals surface area contributed by atoms with E-state index >= 15 is 0 Å². The number of benzene rings is 1. The Hall–Kier alpha value is -0.803. The quantitative estimate of drug-likeness (QED) is 0.607. The van der Waals surface area contributed by atoms with Gasteiger partial charge in [0.25, 0.3) is 0 Å². The van der Waals surface area contributed by atoms with E-state index in [4.69, 9.17) is 10.2 Å². The molecular formula is C13H22NOSi. The summed E-state index contributed by atoms with van der Waals surface area (Å²) in [6.45, 7) is 7.18. The molecule has 0 amide bonds. The summed E-state index contributed by atoms with van der Waals surface area (Å²) in [6.07, 6.45) is 3.54. The zero-order valence-corrected chi connectivity index (χ0v) is 11.5. The number of hydrogen-bond acceptors (Lipinski definition) is 2. The van der Waals surface area contributed by atoms with E-state index in [1.54, 1.807) is 0 Å². The Labute approximate surface area is 101 Å². The number of nitrogens with two attached hydrogens (primary N) is 1. The highest BCUT2D eigenvalue weighted by Gasteiger charge is 2.07. The minimum absolute atomic E-state index is 0.641. The molecule has 1 radical (unpaired) electrons. The van der Waals surface area contributed by atoms with Gasteiger partial charge in [-0.25, -0.2) is 0 Å². The third kappa shape index (κ3) is 3.98. The number of hydrogen-bond donors (Lipinski definition) is 1. The van der Waals surface area contributed by atoms with Gasteiger partial charge in [-0.05, 0) is 37.6 Å². The van der Waals surface area contributed by atoms with Crippen LogP contribution in [-0.2, 0) is 17.5 Å². The maximum Gasteiger partial charge on any atom is 0.205 e. The number of aryl methyl sites for hydroxylation is 1. The molecule has 0 heterocycles. The van der Waals surface area contributed by atoms with E-state index in [9.17, 15) is 0 Å². The number of unbranched alkanes of at least 4 members (excludes halogenated alkanes) is 1. The fraction of sp³-hybridized carbons (Fsp3) is 0.538. The van der Waals surface area contributed by atoms with Crippen molar-refractivity contribution in [3.8, 4) is 0 Å². The third-order valence-corrected chi connectivity index (χ3v) is 3.34. The summed E-state index contributed by atoms with van der Waals surface area (Å²) in [5.41, 5.74) is 9.43. The highest BCUT2D eigenvalue weighted by Crippen LogP contribution is 2.20. The lowest BCUT2D eigenvalue weighted by atomic mass is 10.0. The van der Waals surface area contributed by atoms with Gasteiger partial charge in [-0.1, -0.05) is 25.5 Å². The second-order valence-electron chi connectivity index (χ2n) is 4.29. The van der Waals surface area contributed by atoms with Gasteiger partial charge in [-0.2, -0.15) is 0 Å². The van der Waals surface area contributed by atoms with Crippen LogP contribution in [0, 0.1) is 0 Å². The van der Waals surface area contributed by atoms with Crippen molar-refractivity contribution < 1.29 is 4.43 Å². The molecule has 0 aliphatic carbocycles. The van der Waals surface area contributed by atoms with E-state index < -0.39 is 9.04 Å². The lowest BCUT2D eigenvalue weighted by Crippen LogP contribution is -2.10. The molecule has 16 heavy (non-hydrogen) atoms. The predicted molar refractivity (Wildman–Crippen MR) is 71.7 cm³/mol. The maximum absolute atomic E-state index is 6.01. The first kappa shape index (κ1) is 13.3. The van der Waals surface area contributed by atoms with Crippen molar-refractivity contribution in [2.75, 3.05) is 5.73 Å². The molecular weight excluding hydrogens is 214 g/mol. The van der Waals surface area contributed by atoms with Crippen molar-refractivity contribution in [1.82, 2.24) is 0 Å². The number of rotatable bonds is 6. The monoisotopic (exact) mass is 236 g/mol. The molecule has 1 aromatic carbocycles. The third-order valence-electron chi connectivity index (χ3n) is 2.61. The lowest BCUT2D eigenvalue weighted by Gasteiger charge is -2.13. The summed E-state index contributed by atoms with van der Waals surface area (Å²) in [7, 11) is -0.641. The summed E-state index contributed by atoms with van der Waals surface area (Å²) in [4.78, 5) is 0. The van der Waals surface area contributed by atoms with Gasteiger partial charge in [0.05, 0.1) is 6.61 Å². The van der Waals surface area contributed by atoms with Crippen LogP contribution in [0.2, 0.25) is 13.1 Å². The minimum Gasteiger partial charge on any atom is -0.413 e. The molecule has 89 valence electrons. The Kier molecular flexibility index (Phi) is 5.56. The summed E-state index contributed by atoms with van der Waals surface area (Å²) in [5, 5.41) is 0. The summed E-state index contributed by atoms with van der Waals surface area (Å²) >= 11 is 0. The van der Waals surface area contributed by atoms with Gasteiger partial charge >= 0.3 is 0 Å². The van der Waals surface area contributed by atoms with E-state index in [1.807, 2.05) is 12.1 Å². The van der Waals surface area contributed by atoms with Crippen LogP contribution >= 0.6 is 0 Å². The second-order valence-corrected chi connectivity index (χ2v) is 6.39. The molecule has 0 spiro atoms. The first-order chi connectivity index (χ1) is 7.65. The fourth-order valence-electron chi connectivity index (χ4n) is 1.65. The van der Waals surface area contributed by atoms with Gasteiger partial charge in [0, 0.05) is 11.3 Å². The average molecular weight is 236 g/mol. The van der Waals surface area contributed by atoms with Gasteiger partial charge in [0.15, 0.2) is 0 Å². The van der Waals surface area contributed by atoms with Crippen LogP contribution in [0.5, 0.6) is 0 Å². The highest BCUT2D eigenvalue weighted by molar-refractivity contribution is 6.48. The Morgan fingerprint density at radius 2 is 2.06 bits per heavy atom. The molecule has 2 N–H and O–H groups in total. The molecule has 0 saturated heterocycles. The van der Waals surface area contributed by atoms with Crippen molar-refractivity contribution in [2.45, 2.75) is 45.9 Å². The molecule has 0 aromatic heterocycles. The van der Waals surface area contributed by atoms with Crippen LogP contribution < -0.4 is 5.73 Å². The van der Waals surface area contributed by atoms with Gasteiger partial charge in [0.1, 0.15) is 0 Å². The van der Waals surface area contributed by atoms with Gasteiger partial charge in [0.2, 0.25) is 9.04 Å². The number of anilines is 1. The van der Waals surface area contributed by atoms with Crippen LogP contribution in [0.3, 0.4) is 0 Å². The summed E-state index contributed by atoms with van der Waals surface area (Å²) < 4.78 is 5.75. The van der Waals surface area contributed by atoms with Crippen LogP contribution in [0.25, 0.3) is 0 Å².